The molecule has 1 aliphatic heterocycles. The van der Waals surface area contributed by atoms with Crippen LogP contribution >= 0.6 is 11.3 Å². The second-order valence-electron chi connectivity index (χ2n) is 8.37. The van der Waals surface area contributed by atoms with Crippen molar-refractivity contribution in [1.29, 1.82) is 0 Å². The lowest BCUT2D eigenvalue weighted by Crippen LogP contribution is -2.40. The molecule has 3 aromatic rings. The van der Waals surface area contributed by atoms with Gasteiger partial charge >= 0.3 is 5.97 Å². The van der Waals surface area contributed by atoms with Gasteiger partial charge in [0.15, 0.2) is 4.80 Å². The van der Waals surface area contributed by atoms with E-state index in [9.17, 15) is 9.59 Å². The van der Waals surface area contributed by atoms with E-state index in [0.717, 1.165) is 17.7 Å². The number of rotatable bonds is 10. The number of thiazole rings is 1. The number of esters is 1. The van der Waals surface area contributed by atoms with Gasteiger partial charge in [0.05, 0.1) is 36.1 Å². The van der Waals surface area contributed by atoms with Crippen molar-refractivity contribution < 1.29 is 23.7 Å². The topological polar surface area (TPSA) is 88.4 Å². The van der Waals surface area contributed by atoms with Crippen LogP contribution in [0.5, 0.6) is 11.5 Å². The third kappa shape index (κ3) is 5.68. The summed E-state index contributed by atoms with van der Waals surface area (Å²) in [5, 5.41) is 0. The molecule has 2 heterocycles. The SMILES string of the molecule is CCCOc1cccc(C=c2sc3n(c2=O)C(c2ccccc2OC)C(C(=O)OCCOC)=C(C)N=3)c1. The molecule has 194 valence electrons. The molecule has 0 bridgehead atoms. The molecule has 4 rings (SSSR count). The van der Waals surface area contributed by atoms with E-state index in [-0.39, 0.29) is 24.3 Å². The molecule has 0 radical (unpaired) electrons. The standard InChI is InChI=1S/C28H30N2O6S/c1-5-13-35-20-10-8-9-19(16-20)17-23-26(31)30-25(21-11-6-7-12-22(21)34-4)24(18(2)29-28(30)37-23)27(32)36-15-14-33-3/h6-12,16-17,25H,5,13-15H2,1-4H3. The predicted octanol–water partition coefficient (Wildman–Crippen LogP) is 3.22. The Morgan fingerprint density at radius 1 is 1.11 bits per heavy atom. The number of ether oxygens (including phenoxy) is 4. The second kappa shape index (κ2) is 12.0. The molecule has 1 aromatic heterocycles. The van der Waals surface area contributed by atoms with Crippen molar-refractivity contribution in [2.24, 2.45) is 4.99 Å². The number of carbonyl (C=O) groups is 1. The summed E-state index contributed by atoms with van der Waals surface area (Å²) < 4.78 is 23.9. The highest BCUT2D eigenvalue weighted by atomic mass is 32.1. The predicted molar refractivity (Wildman–Crippen MR) is 142 cm³/mol. The number of nitrogens with zero attached hydrogens (tertiary/aromatic N) is 2. The van der Waals surface area contributed by atoms with Crippen LogP contribution in [0.4, 0.5) is 0 Å². The zero-order chi connectivity index (χ0) is 26.4. The third-order valence-electron chi connectivity index (χ3n) is 5.82. The van der Waals surface area contributed by atoms with Crippen molar-refractivity contribution in [3.63, 3.8) is 0 Å². The minimum Gasteiger partial charge on any atom is -0.496 e. The number of hydrogen-bond donors (Lipinski definition) is 0. The first kappa shape index (κ1) is 26.4. The Morgan fingerprint density at radius 2 is 1.92 bits per heavy atom. The molecule has 1 unspecified atom stereocenters. The molecule has 1 atom stereocenters. The molecular formula is C28H30N2O6S. The summed E-state index contributed by atoms with van der Waals surface area (Å²) in [6, 6.07) is 14.2. The van der Waals surface area contributed by atoms with Crippen molar-refractivity contribution in [3.8, 4) is 11.5 Å². The lowest BCUT2D eigenvalue weighted by atomic mass is 9.95. The van der Waals surface area contributed by atoms with Gasteiger partial charge in [-0.2, -0.15) is 0 Å². The molecule has 1 aliphatic rings. The van der Waals surface area contributed by atoms with Crippen molar-refractivity contribution in [1.82, 2.24) is 4.57 Å². The monoisotopic (exact) mass is 522 g/mol. The fourth-order valence-corrected chi connectivity index (χ4v) is 5.18. The molecule has 37 heavy (non-hydrogen) atoms. The van der Waals surface area contributed by atoms with Crippen LogP contribution in [0.15, 0.2) is 69.6 Å². The molecule has 0 aliphatic carbocycles. The summed E-state index contributed by atoms with van der Waals surface area (Å²) in [5.41, 5.74) is 2.02. The fraction of sp³-hybridized carbons (Fsp3) is 0.321. The van der Waals surface area contributed by atoms with Crippen LogP contribution in [0, 0.1) is 0 Å². The van der Waals surface area contributed by atoms with Crippen LogP contribution in [-0.2, 0) is 14.3 Å². The van der Waals surface area contributed by atoms with Crippen LogP contribution in [0.3, 0.4) is 0 Å². The van der Waals surface area contributed by atoms with E-state index in [1.165, 1.54) is 18.4 Å². The average Bonchev–Trinajstić information content (AvgIpc) is 3.20. The first-order valence-corrected chi connectivity index (χ1v) is 12.8. The van der Waals surface area contributed by atoms with Gasteiger partial charge in [-0.3, -0.25) is 9.36 Å². The van der Waals surface area contributed by atoms with Gasteiger partial charge < -0.3 is 18.9 Å². The van der Waals surface area contributed by atoms with Crippen LogP contribution in [0.25, 0.3) is 6.08 Å². The largest absolute Gasteiger partial charge is 0.496 e. The average molecular weight is 523 g/mol. The zero-order valence-electron chi connectivity index (χ0n) is 21.4. The second-order valence-corrected chi connectivity index (χ2v) is 9.38. The first-order chi connectivity index (χ1) is 18.0. The van der Waals surface area contributed by atoms with Gasteiger partial charge in [0.1, 0.15) is 24.1 Å². The molecule has 0 amide bonds. The number of methoxy groups -OCH3 is 2. The van der Waals surface area contributed by atoms with Crippen LogP contribution < -0.4 is 24.4 Å². The molecule has 0 saturated carbocycles. The maximum Gasteiger partial charge on any atom is 0.338 e. The van der Waals surface area contributed by atoms with Gasteiger partial charge in [0.2, 0.25) is 0 Å². The number of allylic oxidation sites excluding steroid dienone is 1. The van der Waals surface area contributed by atoms with Gasteiger partial charge in [0, 0.05) is 12.7 Å². The first-order valence-electron chi connectivity index (χ1n) is 12.0. The van der Waals surface area contributed by atoms with Gasteiger partial charge in [-0.1, -0.05) is 48.6 Å². The Balaban J connectivity index is 1.86. The summed E-state index contributed by atoms with van der Waals surface area (Å²) in [4.78, 5) is 32.2. The smallest absolute Gasteiger partial charge is 0.338 e. The van der Waals surface area contributed by atoms with Gasteiger partial charge in [-0.25, -0.2) is 9.79 Å². The minimum atomic E-state index is -0.760. The van der Waals surface area contributed by atoms with Crippen LogP contribution in [0.2, 0.25) is 0 Å². The highest BCUT2D eigenvalue weighted by Crippen LogP contribution is 2.35. The van der Waals surface area contributed by atoms with Crippen molar-refractivity contribution in [2.75, 3.05) is 34.0 Å². The normalized spacial score (nSPS) is 15.2. The number of para-hydroxylation sites is 1. The summed E-state index contributed by atoms with van der Waals surface area (Å²) >= 11 is 1.27. The summed E-state index contributed by atoms with van der Waals surface area (Å²) in [5.74, 6) is 0.746. The molecule has 0 spiro atoms. The van der Waals surface area contributed by atoms with Crippen molar-refractivity contribution in [3.05, 3.63) is 90.6 Å². The Bertz CT molecular complexity index is 1490. The molecule has 2 aromatic carbocycles. The Hall–Kier alpha value is -3.69. The van der Waals surface area contributed by atoms with E-state index in [1.807, 2.05) is 55.5 Å². The number of fused-ring (bicyclic) bond motifs is 1. The zero-order valence-corrected chi connectivity index (χ0v) is 22.2. The van der Waals surface area contributed by atoms with E-state index >= 15 is 0 Å². The lowest BCUT2D eigenvalue weighted by Gasteiger charge is -2.26. The molecular weight excluding hydrogens is 492 g/mol. The highest BCUT2D eigenvalue weighted by Gasteiger charge is 2.35. The Kier molecular flexibility index (Phi) is 8.58. The number of aromatic nitrogens is 1. The molecule has 9 heteroatoms. The number of carbonyl (C=O) groups excluding carboxylic acids is 1. The van der Waals surface area contributed by atoms with Crippen molar-refractivity contribution in [2.45, 2.75) is 26.3 Å². The fourth-order valence-electron chi connectivity index (χ4n) is 4.13. The molecule has 0 N–H and O–H groups in total. The summed E-state index contributed by atoms with van der Waals surface area (Å²) in [6.45, 7) is 4.77. The van der Waals surface area contributed by atoms with E-state index in [0.29, 0.717) is 33.0 Å². The van der Waals surface area contributed by atoms with Gasteiger partial charge in [-0.05, 0) is 43.2 Å². The quantitative estimate of drug-likeness (QED) is 0.300. The van der Waals surface area contributed by atoms with Gasteiger partial charge in [0.25, 0.3) is 5.56 Å². The minimum absolute atomic E-state index is 0.0889. The van der Waals surface area contributed by atoms with Crippen molar-refractivity contribution >= 4 is 23.4 Å². The third-order valence-corrected chi connectivity index (χ3v) is 6.81. The van der Waals surface area contributed by atoms with E-state index < -0.39 is 12.0 Å². The van der Waals surface area contributed by atoms with E-state index in [1.54, 1.807) is 24.7 Å². The van der Waals surface area contributed by atoms with E-state index in [4.69, 9.17) is 18.9 Å². The maximum atomic E-state index is 13.8. The summed E-state index contributed by atoms with van der Waals surface area (Å²) in [6.07, 6.45) is 2.72. The van der Waals surface area contributed by atoms with E-state index in [2.05, 4.69) is 4.99 Å². The highest BCUT2D eigenvalue weighted by molar-refractivity contribution is 7.07. The lowest BCUT2D eigenvalue weighted by molar-refractivity contribution is -0.140. The Labute approximate surface area is 219 Å². The molecule has 0 saturated heterocycles. The number of benzene rings is 2. The Morgan fingerprint density at radius 3 is 2.68 bits per heavy atom. The van der Waals surface area contributed by atoms with Crippen LogP contribution in [0.1, 0.15) is 37.4 Å². The maximum absolute atomic E-state index is 13.8. The van der Waals surface area contributed by atoms with Crippen LogP contribution in [-0.4, -0.2) is 44.6 Å². The summed E-state index contributed by atoms with van der Waals surface area (Å²) in [7, 11) is 3.09. The number of hydrogen-bond acceptors (Lipinski definition) is 8. The molecule has 0 fully saturated rings. The molecule has 8 nitrogen and oxygen atoms in total. The van der Waals surface area contributed by atoms with Gasteiger partial charge in [-0.15, -0.1) is 0 Å².